The first-order chi connectivity index (χ1) is 9.66. The van der Waals surface area contributed by atoms with Gasteiger partial charge >= 0.3 is 0 Å². The zero-order chi connectivity index (χ0) is 14.4. The minimum atomic E-state index is -1.16. The first-order valence-electron chi connectivity index (χ1n) is 7.18. The summed E-state index contributed by atoms with van der Waals surface area (Å²) < 4.78 is 0. The van der Waals surface area contributed by atoms with Crippen molar-refractivity contribution in [3.8, 4) is 0 Å². The quantitative estimate of drug-likeness (QED) is 0.729. The van der Waals surface area contributed by atoms with E-state index in [9.17, 15) is 14.7 Å². The van der Waals surface area contributed by atoms with E-state index < -0.39 is 11.9 Å². The third-order valence-electron chi connectivity index (χ3n) is 3.77. The maximum Gasteiger partial charge on any atom is 0.167 e. The Morgan fingerprint density at radius 1 is 1.10 bits per heavy atom. The second kappa shape index (κ2) is 7.20. The summed E-state index contributed by atoms with van der Waals surface area (Å²) in [4.78, 5) is 25.5. The molecule has 1 fully saturated rings. The summed E-state index contributed by atoms with van der Waals surface area (Å²) in [6.07, 6.45) is 3.26. The van der Waals surface area contributed by atoms with Crippen LogP contribution in [0.2, 0.25) is 0 Å². The van der Waals surface area contributed by atoms with Crippen molar-refractivity contribution in [2.75, 3.05) is 19.6 Å². The normalized spacial score (nSPS) is 17.6. The Kier molecular flexibility index (Phi) is 5.30. The van der Waals surface area contributed by atoms with Gasteiger partial charge in [-0.25, -0.2) is 0 Å². The molecule has 0 amide bonds. The van der Waals surface area contributed by atoms with Crippen LogP contribution in [0.25, 0.3) is 0 Å². The van der Waals surface area contributed by atoms with Gasteiger partial charge in [-0.15, -0.1) is 0 Å². The lowest BCUT2D eigenvalue weighted by Gasteiger charge is -2.30. The monoisotopic (exact) mass is 274 g/mol. The number of hydrogen-bond acceptors (Lipinski definition) is 4. The molecular weight excluding hydrogens is 254 g/mol. The van der Waals surface area contributed by atoms with Crippen LogP contribution in [-0.4, -0.2) is 36.3 Å². The van der Waals surface area contributed by atoms with Gasteiger partial charge in [-0.05, 0) is 32.4 Å². The summed E-state index contributed by atoms with van der Waals surface area (Å²) in [5, 5.41) is 10.9. The Hall–Kier alpha value is -1.68. The van der Waals surface area contributed by atoms with Crippen molar-refractivity contribution in [1.29, 1.82) is 0 Å². The summed E-state index contributed by atoms with van der Waals surface area (Å²) in [6, 6.07) is 8.91. The van der Waals surface area contributed by atoms with Crippen LogP contribution in [0.5, 0.6) is 0 Å². The zero-order valence-electron chi connectivity index (χ0n) is 11.6. The van der Waals surface area contributed by atoms with Crippen LogP contribution in [0, 0.1) is 5.92 Å². The second-order valence-electron chi connectivity index (χ2n) is 5.36. The molecule has 1 aromatic carbocycles. The van der Waals surface area contributed by atoms with E-state index in [1.807, 2.05) is 6.07 Å². The minimum Gasteiger partial charge on any atom is -0.550 e. The number of carboxylic acid groups (broad SMARTS) is 1. The molecule has 1 aliphatic heterocycles. The molecule has 1 saturated heterocycles. The van der Waals surface area contributed by atoms with Crippen LogP contribution in [0.15, 0.2) is 30.3 Å². The van der Waals surface area contributed by atoms with E-state index in [-0.39, 0.29) is 12.2 Å². The van der Waals surface area contributed by atoms with E-state index in [1.54, 1.807) is 24.3 Å². The zero-order valence-corrected chi connectivity index (χ0v) is 11.6. The number of likely N-dealkylation sites (tertiary alicyclic amines) is 1. The molecule has 0 aromatic heterocycles. The molecule has 0 aliphatic carbocycles. The third kappa shape index (κ3) is 4.17. The standard InChI is InChI=1S/C16H21NO3/c18-15(19)11-14(12-17-9-5-2-6-10-17)16(20)13-7-3-1-4-8-13/h1,3-4,7-8,14H,2,5-6,9-12H2,(H,18,19)/p-1. The molecule has 4 nitrogen and oxygen atoms in total. The van der Waals surface area contributed by atoms with E-state index in [1.165, 1.54) is 6.42 Å². The minimum absolute atomic E-state index is 0.0969. The molecule has 0 spiro atoms. The Labute approximate surface area is 119 Å². The molecule has 1 heterocycles. The number of carboxylic acids is 1. The molecule has 4 heteroatoms. The van der Waals surface area contributed by atoms with Crippen LogP contribution in [0.4, 0.5) is 0 Å². The van der Waals surface area contributed by atoms with Crippen molar-refractivity contribution >= 4 is 11.8 Å². The van der Waals surface area contributed by atoms with E-state index in [0.717, 1.165) is 25.9 Å². The number of piperidine rings is 1. The lowest BCUT2D eigenvalue weighted by molar-refractivity contribution is -0.306. The molecular formula is C16H20NO3-. The van der Waals surface area contributed by atoms with Gasteiger partial charge in [0.1, 0.15) is 0 Å². The number of aliphatic carboxylic acids is 1. The highest BCUT2D eigenvalue weighted by molar-refractivity contribution is 5.99. The van der Waals surface area contributed by atoms with Crippen LogP contribution in [-0.2, 0) is 4.79 Å². The van der Waals surface area contributed by atoms with Crippen molar-refractivity contribution < 1.29 is 14.7 Å². The van der Waals surface area contributed by atoms with Crippen molar-refractivity contribution in [3.05, 3.63) is 35.9 Å². The fourth-order valence-electron chi connectivity index (χ4n) is 2.73. The molecule has 1 atom stereocenters. The molecule has 1 aromatic rings. The summed E-state index contributed by atoms with van der Waals surface area (Å²) in [7, 11) is 0. The molecule has 0 bridgehead atoms. The molecule has 1 aliphatic rings. The Bertz CT molecular complexity index is 452. The van der Waals surface area contributed by atoms with Gasteiger partial charge in [0.05, 0.1) is 0 Å². The average Bonchev–Trinajstić information content (AvgIpc) is 2.47. The number of benzene rings is 1. The fourth-order valence-corrected chi connectivity index (χ4v) is 2.73. The number of hydrogen-bond donors (Lipinski definition) is 0. The van der Waals surface area contributed by atoms with E-state index in [0.29, 0.717) is 12.1 Å². The largest absolute Gasteiger partial charge is 0.550 e. The van der Waals surface area contributed by atoms with Crippen LogP contribution in [0.3, 0.4) is 0 Å². The van der Waals surface area contributed by atoms with Crippen LogP contribution >= 0.6 is 0 Å². The smallest absolute Gasteiger partial charge is 0.167 e. The van der Waals surface area contributed by atoms with Crippen LogP contribution in [0.1, 0.15) is 36.0 Å². The third-order valence-corrected chi connectivity index (χ3v) is 3.77. The Balaban J connectivity index is 2.06. The number of carbonyl (C=O) groups is 2. The summed E-state index contributed by atoms with van der Waals surface area (Å²) in [5.74, 6) is -1.77. The summed E-state index contributed by atoms with van der Waals surface area (Å²) in [6.45, 7) is 2.42. The van der Waals surface area contributed by atoms with Gasteiger partial charge in [0.2, 0.25) is 0 Å². The number of carbonyl (C=O) groups excluding carboxylic acids is 2. The molecule has 0 saturated carbocycles. The van der Waals surface area contributed by atoms with Gasteiger partial charge in [-0.1, -0.05) is 36.8 Å². The molecule has 20 heavy (non-hydrogen) atoms. The van der Waals surface area contributed by atoms with E-state index in [2.05, 4.69) is 4.90 Å². The average molecular weight is 274 g/mol. The van der Waals surface area contributed by atoms with Gasteiger partial charge in [-0.3, -0.25) is 4.79 Å². The Morgan fingerprint density at radius 2 is 1.75 bits per heavy atom. The van der Waals surface area contributed by atoms with Gasteiger partial charge in [-0.2, -0.15) is 0 Å². The lowest BCUT2D eigenvalue weighted by Crippen LogP contribution is -2.39. The maximum absolute atomic E-state index is 12.4. The highest BCUT2D eigenvalue weighted by Gasteiger charge is 2.23. The first kappa shape index (κ1) is 14.7. The van der Waals surface area contributed by atoms with E-state index >= 15 is 0 Å². The second-order valence-corrected chi connectivity index (χ2v) is 5.36. The molecule has 2 rings (SSSR count). The molecule has 0 radical (unpaired) electrons. The maximum atomic E-state index is 12.4. The number of nitrogens with zero attached hydrogens (tertiary/aromatic N) is 1. The van der Waals surface area contributed by atoms with Crippen molar-refractivity contribution in [2.45, 2.75) is 25.7 Å². The predicted octanol–water partition coefficient (Wildman–Crippen LogP) is 1.11. The van der Waals surface area contributed by atoms with Gasteiger partial charge in [0.25, 0.3) is 0 Å². The first-order valence-corrected chi connectivity index (χ1v) is 7.18. The van der Waals surface area contributed by atoms with E-state index in [4.69, 9.17) is 0 Å². The van der Waals surface area contributed by atoms with Gasteiger partial charge in [0, 0.05) is 24.0 Å². The lowest BCUT2D eigenvalue weighted by atomic mass is 9.93. The summed E-state index contributed by atoms with van der Waals surface area (Å²) in [5.41, 5.74) is 0.579. The highest BCUT2D eigenvalue weighted by atomic mass is 16.4. The molecule has 0 N–H and O–H groups in total. The topological polar surface area (TPSA) is 60.4 Å². The summed E-state index contributed by atoms with van der Waals surface area (Å²) >= 11 is 0. The number of rotatable bonds is 6. The van der Waals surface area contributed by atoms with Crippen molar-refractivity contribution in [3.63, 3.8) is 0 Å². The van der Waals surface area contributed by atoms with Gasteiger partial charge in [0.15, 0.2) is 5.78 Å². The molecule has 1 unspecified atom stereocenters. The predicted molar refractivity (Wildman–Crippen MR) is 74.2 cm³/mol. The van der Waals surface area contributed by atoms with Gasteiger partial charge < -0.3 is 14.8 Å². The van der Waals surface area contributed by atoms with Crippen molar-refractivity contribution in [2.24, 2.45) is 5.92 Å². The van der Waals surface area contributed by atoms with Crippen LogP contribution < -0.4 is 5.11 Å². The number of Topliss-reactive ketones (excluding diaryl/α,β-unsaturated/α-hetero) is 1. The van der Waals surface area contributed by atoms with Crippen molar-refractivity contribution in [1.82, 2.24) is 4.90 Å². The highest BCUT2D eigenvalue weighted by Crippen LogP contribution is 2.17. The Morgan fingerprint density at radius 3 is 2.35 bits per heavy atom. The number of ketones is 1. The SMILES string of the molecule is O=C([O-])CC(CN1CCCCC1)C(=O)c1ccccc1. The molecule has 108 valence electrons. The fraction of sp³-hybridized carbons (Fsp3) is 0.500.